The van der Waals surface area contributed by atoms with E-state index in [1.165, 1.54) is 24.9 Å². The standard InChI is InChI=1S/C21H28N4O.3C2HF3O2/c1-24-10-6-19(14-26-15-20-3-2-7-23-12-20)11-21(24)16-25(17-21)13-18-4-8-22-9-5-18;3*3-2(4,5)1(6)7/h2-5,7-9,12,19H,6,10-11,13-17H2,1H3;3*(H,6,7). The first-order valence-corrected chi connectivity index (χ1v) is 13.3. The van der Waals surface area contributed by atoms with Crippen molar-refractivity contribution in [3.63, 3.8) is 0 Å². The lowest BCUT2D eigenvalue weighted by Gasteiger charge is -2.58. The number of rotatable bonds is 6. The Morgan fingerprint density at radius 1 is 0.830 bits per heavy atom. The van der Waals surface area contributed by atoms with Crippen LogP contribution in [-0.2, 0) is 32.3 Å². The van der Waals surface area contributed by atoms with Gasteiger partial charge in [-0.15, -0.1) is 0 Å². The van der Waals surface area contributed by atoms with Gasteiger partial charge in [0.1, 0.15) is 0 Å². The van der Waals surface area contributed by atoms with E-state index >= 15 is 0 Å². The third-order valence-electron chi connectivity index (χ3n) is 6.62. The SMILES string of the molecule is CN1CCC(COCc2cccnc2)CC12CN(Cc1ccncc1)C2.O=C(O)C(F)(F)F.O=C(O)C(F)(F)F.O=C(O)C(F)(F)F. The van der Waals surface area contributed by atoms with Crippen LogP contribution >= 0.6 is 0 Å². The summed E-state index contributed by atoms with van der Waals surface area (Å²) in [6, 6.07) is 8.27. The average molecular weight is 695 g/mol. The molecule has 3 N–H and O–H groups in total. The van der Waals surface area contributed by atoms with Crippen molar-refractivity contribution in [2.45, 2.75) is 50.1 Å². The molecular formula is C27H31F9N4O7. The van der Waals surface area contributed by atoms with Gasteiger partial charge in [-0.05, 0) is 61.7 Å². The average Bonchev–Trinajstić information content (AvgIpc) is 2.94. The van der Waals surface area contributed by atoms with Crippen LogP contribution in [0.15, 0.2) is 49.1 Å². The summed E-state index contributed by atoms with van der Waals surface area (Å²) in [6.45, 7) is 6.04. The van der Waals surface area contributed by atoms with Crippen molar-refractivity contribution < 1.29 is 74.0 Å². The lowest BCUT2D eigenvalue weighted by molar-refractivity contribution is -0.193. The van der Waals surface area contributed by atoms with Crippen molar-refractivity contribution >= 4 is 17.9 Å². The summed E-state index contributed by atoms with van der Waals surface area (Å²) in [7, 11) is 2.29. The van der Waals surface area contributed by atoms with E-state index in [9.17, 15) is 39.5 Å². The maximum atomic E-state index is 10.6. The maximum Gasteiger partial charge on any atom is 0.490 e. The van der Waals surface area contributed by atoms with Gasteiger partial charge in [0.2, 0.25) is 0 Å². The van der Waals surface area contributed by atoms with Gasteiger partial charge < -0.3 is 20.1 Å². The van der Waals surface area contributed by atoms with E-state index in [1.54, 1.807) is 6.20 Å². The summed E-state index contributed by atoms with van der Waals surface area (Å²) in [4.78, 5) is 40.1. The Bertz CT molecular complexity index is 1200. The largest absolute Gasteiger partial charge is 0.490 e. The molecule has 0 aliphatic carbocycles. The molecule has 1 unspecified atom stereocenters. The van der Waals surface area contributed by atoms with Crippen LogP contribution in [0.25, 0.3) is 0 Å². The van der Waals surface area contributed by atoms with Crippen LogP contribution in [0.1, 0.15) is 24.0 Å². The molecule has 1 spiro atoms. The molecule has 264 valence electrons. The number of hydrogen-bond donors (Lipinski definition) is 3. The molecule has 2 fully saturated rings. The van der Waals surface area contributed by atoms with Crippen LogP contribution in [0, 0.1) is 5.92 Å². The number of piperidine rings is 1. The number of likely N-dealkylation sites (tertiary alicyclic amines) is 2. The number of carbonyl (C=O) groups is 3. The molecule has 4 rings (SSSR count). The Labute approximate surface area is 261 Å². The number of alkyl halides is 9. The third kappa shape index (κ3) is 15.4. The monoisotopic (exact) mass is 694 g/mol. The van der Waals surface area contributed by atoms with Gasteiger partial charge in [0.25, 0.3) is 0 Å². The summed E-state index contributed by atoms with van der Waals surface area (Å²) < 4.78 is 101. The summed E-state index contributed by atoms with van der Waals surface area (Å²) in [5.41, 5.74) is 2.85. The molecule has 2 aliphatic heterocycles. The Hall–Kier alpha value is -4.04. The lowest BCUT2D eigenvalue weighted by Crippen LogP contribution is -2.71. The molecule has 2 saturated heterocycles. The number of nitrogens with zero attached hydrogens (tertiary/aromatic N) is 4. The van der Waals surface area contributed by atoms with Crippen molar-refractivity contribution in [1.29, 1.82) is 0 Å². The fourth-order valence-electron chi connectivity index (χ4n) is 4.39. The summed E-state index contributed by atoms with van der Waals surface area (Å²) in [5.74, 6) is -7.61. The Kier molecular flexibility index (Phi) is 15.5. The molecule has 4 heterocycles. The van der Waals surface area contributed by atoms with Crippen LogP contribution in [0.3, 0.4) is 0 Å². The first-order valence-electron chi connectivity index (χ1n) is 13.3. The van der Waals surface area contributed by atoms with E-state index in [0.717, 1.165) is 31.8 Å². The molecular weight excluding hydrogens is 663 g/mol. The van der Waals surface area contributed by atoms with Crippen LogP contribution in [0.5, 0.6) is 0 Å². The smallest absolute Gasteiger partial charge is 0.475 e. The van der Waals surface area contributed by atoms with Gasteiger partial charge in [-0.3, -0.25) is 19.8 Å². The minimum atomic E-state index is -5.08. The fraction of sp³-hybridized carbons (Fsp3) is 0.519. The topological polar surface area (TPSA) is 153 Å². The van der Waals surface area contributed by atoms with E-state index in [0.29, 0.717) is 18.1 Å². The lowest BCUT2D eigenvalue weighted by atomic mass is 9.75. The second-order valence-corrected chi connectivity index (χ2v) is 10.3. The maximum absolute atomic E-state index is 10.6. The molecule has 2 aromatic heterocycles. The zero-order chi connectivity index (χ0) is 36.1. The molecule has 0 aromatic carbocycles. The molecule has 20 heteroatoms. The highest BCUT2D eigenvalue weighted by atomic mass is 19.4. The quantitative estimate of drug-likeness (QED) is 0.367. The fourth-order valence-corrected chi connectivity index (χ4v) is 4.39. The predicted octanol–water partition coefficient (Wildman–Crippen LogP) is 4.49. The predicted molar refractivity (Wildman–Crippen MR) is 143 cm³/mol. The van der Waals surface area contributed by atoms with E-state index in [2.05, 4.69) is 45.0 Å². The normalized spacial score (nSPS) is 17.8. The summed E-state index contributed by atoms with van der Waals surface area (Å²) >= 11 is 0. The van der Waals surface area contributed by atoms with E-state index in [4.69, 9.17) is 34.4 Å². The second-order valence-electron chi connectivity index (χ2n) is 10.3. The van der Waals surface area contributed by atoms with Gasteiger partial charge >= 0.3 is 36.4 Å². The first-order chi connectivity index (χ1) is 21.6. The molecule has 0 saturated carbocycles. The highest BCUT2D eigenvalue weighted by Crippen LogP contribution is 2.39. The van der Waals surface area contributed by atoms with E-state index in [1.807, 2.05) is 24.7 Å². The number of carboxylic acid groups (broad SMARTS) is 3. The van der Waals surface area contributed by atoms with Gasteiger partial charge in [-0.1, -0.05) is 6.07 Å². The third-order valence-corrected chi connectivity index (χ3v) is 6.62. The number of carboxylic acids is 3. The molecule has 1 atom stereocenters. The van der Waals surface area contributed by atoms with Gasteiger partial charge in [-0.2, -0.15) is 39.5 Å². The van der Waals surface area contributed by atoms with Gasteiger partial charge in [-0.25, -0.2) is 14.4 Å². The number of hydrogen-bond acceptors (Lipinski definition) is 8. The zero-order valence-electron chi connectivity index (χ0n) is 24.5. The molecule has 2 aromatic rings. The van der Waals surface area contributed by atoms with Crippen LogP contribution in [-0.4, -0.2) is 110 Å². The van der Waals surface area contributed by atoms with E-state index in [-0.39, 0.29) is 0 Å². The highest BCUT2D eigenvalue weighted by Gasteiger charge is 2.49. The molecule has 47 heavy (non-hydrogen) atoms. The number of pyridine rings is 2. The van der Waals surface area contributed by atoms with Crippen molar-refractivity contribution in [3.8, 4) is 0 Å². The van der Waals surface area contributed by atoms with Crippen molar-refractivity contribution in [2.24, 2.45) is 5.92 Å². The number of likely N-dealkylation sites (N-methyl/N-ethyl adjacent to an activating group) is 1. The highest BCUT2D eigenvalue weighted by molar-refractivity contribution is 5.73. The first kappa shape index (κ1) is 41.0. The van der Waals surface area contributed by atoms with Crippen molar-refractivity contribution in [1.82, 2.24) is 19.8 Å². The summed E-state index contributed by atoms with van der Waals surface area (Å²) in [5, 5.41) is 21.4. The molecule has 0 radical (unpaired) electrons. The van der Waals surface area contributed by atoms with Crippen molar-refractivity contribution in [3.05, 3.63) is 60.2 Å². The molecule has 2 aliphatic rings. The molecule has 0 bridgehead atoms. The van der Waals surface area contributed by atoms with Crippen LogP contribution in [0.4, 0.5) is 39.5 Å². The zero-order valence-corrected chi connectivity index (χ0v) is 24.5. The van der Waals surface area contributed by atoms with Gasteiger partial charge in [0, 0.05) is 56.6 Å². The Morgan fingerprint density at radius 2 is 1.32 bits per heavy atom. The minimum Gasteiger partial charge on any atom is -0.475 e. The second kappa shape index (κ2) is 17.8. The number of aliphatic carboxylic acids is 3. The Balaban J connectivity index is 0.000000430. The van der Waals surface area contributed by atoms with Crippen LogP contribution < -0.4 is 0 Å². The van der Waals surface area contributed by atoms with Gasteiger partial charge in [0.05, 0.1) is 6.61 Å². The minimum absolute atomic E-state index is 0.341. The molecule has 0 amide bonds. The Morgan fingerprint density at radius 3 is 1.74 bits per heavy atom. The molecule has 11 nitrogen and oxygen atoms in total. The number of aromatic nitrogens is 2. The number of halogens is 9. The van der Waals surface area contributed by atoms with Gasteiger partial charge in [0.15, 0.2) is 0 Å². The number of ether oxygens (including phenoxy) is 1. The van der Waals surface area contributed by atoms with Crippen LogP contribution in [0.2, 0.25) is 0 Å². The summed E-state index contributed by atoms with van der Waals surface area (Å²) in [6.07, 6.45) is -5.32. The van der Waals surface area contributed by atoms with Crippen molar-refractivity contribution in [2.75, 3.05) is 33.3 Å². The van der Waals surface area contributed by atoms with E-state index < -0.39 is 36.4 Å².